The van der Waals surface area contributed by atoms with Crippen molar-refractivity contribution < 1.29 is 0 Å². The van der Waals surface area contributed by atoms with Gasteiger partial charge in [0.2, 0.25) is 0 Å². The van der Waals surface area contributed by atoms with Crippen LogP contribution >= 0.6 is 0 Å². The minimum Gasteiger partial charge on any atom is -0.312 e. The molecular weight excluding hydrogens is 206 g/mol. The fourth-order valence-electron chi connectivity index (χ4n) is 2.75. The number of hydrogen-bond acceptors (Lipinski definition) is 1. The molecule has 1 atom stereocenters. The molecule has 1 saturated carbocycles. The highest BCUT2D eigenvalue weighted by Crippen LogP contribution is 2.36. The lowest BCUT2D eigenvalue weighted by Crippen LogP contribution is -2.22. The number of aryl methyl sites for hydroxylation is 3. The van der Waals surface area contributed by atoms with E-state index in [1.165, 1.54) is 35.1 Å². The van der Waals surface area contributed by atoms with Gasteiger partial charge >= 0.3 is 0 Å². The standard InChI is InChI=1S/C16H25N/c1-11-7-12(2)16(13(3)8-11)10-17-9-14(4)15-5-6-15/h7-8,14-15,17H,5-6,9-10H2,1-4H3. The fourth-order valence-corrected chi connectivity index (χ4v) is 2.75. The number of benzene rings is 1. The van der Waals surface area contributed by atoms with Crippen molar-refractivity contribution in [2.45, 2.75) is 47.1 Å². The van der Waals surface area contributed by atoms with Crippen LogP contribution in [0, 0.1) is 32.6 Å². The minimum atomic E-state index is 0.848. The van der Waals surface area contributed by atoms with E-state index in [0.717, 1.165) is 24.9 Å². The Hall–Kier alpha value is -0.820. The van der Waals surface area contributed by atoms with E-state index in [9.17, 15) is 0 Å². The van der Waals surface area contributed by atoms with Gasteiger partial charge in [-0.05, 0) is 68.7 Å². The first kappa shape index (κ1) is 12.6. The normalized spacial score (nSPS) is 17.2. The van der Waals surface area contributed by atoms with E-state index in [2.05, 4.69) is 45.1 Å². The van der Waals surface area contributed by atoms with E-state index in [0.29, 0.717) is 0 Å². The molecule has 1 aromatic carbocycles. The minimum absolute atomic E-state index is 0.848. The first-order valence-corrected chi connectivity index (χ1v) is 6.85. The smallest absolute Gasteiger partial charge is 0.0210 e. The molecule has 1 N–H and O–H groups in total. The molecule has 1 aromatic rings. The van der Waals surface area contributed by atoms with E-state index in [-0.39, 0.29) is 0 Å². The highest BCUT2D eigenvalue weighted by atomic mass is 14.9. The van der Waals surface area contributed by atoms with Crippen LogP contribution in [0.25, 0.3) is 0 Å². The van der Waals surface area contributed by atoms with Gasteiger partial charge in [-0.2, -0.15) is 0 Å². The predicted molar refractivity (Wildman–Crippen MR) is 74.2 cm³/mol. The number of nitrogens with one attached hydrogen (secondary N) is 1. The SMILES string of the molecule is Cc1cc(C)c(CNCC(C)C2CC2)c(C)c1. The van der Waals surface area contributed by atoms with E-state index in [4.69, 9.17) is 0 Å². The van der Waals surface area contributed by atoms with Crippen LogP contribution in [0.15, 0.2) is 12.1 Å². The van der Waals surface area contributed by atoms with Crippen molar-refractivity contribution in [3.8, 4) is 0 Å². The highest BCUT2D eigenvalue weighted by Gasteiger charge is 2.27. The molecule has 1 fully saturated rings. The van der Waals surface area contributed by atoms with Crippen molar-refractivity contribution in [2.24, 2.45) is 11.8 Å². The third kappa shape index (κ3) is 3.32. The Balaban J connectivity index is 1.89. The van der Waals surface area contributed by atoms with Gasteiger partial charge in [0, 0.05) is 6.54 Å². The first-order chi connectivity index (χ1) is 8.08. The summed E-state index contributed by atoms with van der Waals surface area (Å²) in [5.74, 6) is 1.85. The molecule has 1 aliphatic rings. The maximum absolute atomic E-state index is 3.62. The Morgan fingerprint density at radius 1 is 1.18 bits per heavy atom. The first-order valence-electron chi connectivity index (χ1n) is 6.85. The molecule has 0 aromatic heterocycles. The third-order valence-corrected chi connectivity index (χ3v) is 4.04. The van der Waals surface area contributed by atoms with Gasteiger partial charge in [-0.25, -0.2) is 0 Å². The van der Waals surface area contributed by atoms with Crippen molar-refractivity contribution in [2.75, 3.05) is 6.54 Å². The van der Waals surface area contributed by atoms with Crippen molar-refractivity contribution in [3.05, 3.63) is 34.4 Å². The van der Waals surface area contributed by atoms with Gasteiger partial charge in [0.15, 0.2) is 0 Å². The summed E-state index contributed by atoms with van der Waals surface area (Å²) in [6.45, 7) is 11.2. The monoisotopic (exact) mass is 231 g/mol. The molecule has 94 valence electrons. The van der Waals surface area contributed by atoms with Gasteiger partial charge < -0.3 is 5.32 Å². The van der Waals surface area contributed by atoms with E-state index in [1.54, 1.807) is 0 Å². The maximum Gasteiger partial charge on any atom is 0.0210 e. The van der Waals surface area contributed by atoms with E-state index >= 15 is 0 Å². The summed E-state index contributed by atoms with van der Waals surface area (Å²) in [5.41, 5.74) is 5.71. The molecule has 0 bridgehead atoms. The molecule has 1 aliphatic carbocycles. The van der Waals surface area contributed by atoms with Crippen LogP contribution in [0.1, 0.15) is 42.0 Å². The van der Waals surface area contributed by atoms with Crippen LogP contribution < -0.4 is 5.32 Å². The van der Waals surface area contributed by atoms with Crippen LogP contribution in [0.2, 0.25) is 0 Å². The summed E-state index contributed by atoms with van der Waals surface area (Å²) in [5, 5.41) is 3.62. The molecule has 1 nitrogen and oxygen atoms in total. The van der Waals surface area contributed by atoms with Crippen molar-refractivity contribution in [1.82, 2.24) is 5.32 Å². The second-order valence-electron chi connectivity index (χ2n) is 5.82. The third-order valence-electron chi connectivity index (χ3n) is 4.04. The van der Waals surface area contributed by atoms with E-state index < -0.39 is 0 Å². The molecule has 1 unspecified atom stereocenters. The van der Waals surface area contributed by atoms with E-state index in [1.807, 2.05) is 0 Å². The Morgan fingerprint density at radius 2 is 1.76 bits per heavy atom. The van der Waals surface area contributed by atoms with Crippen LogP contribution in [-0.4, -0.2) is 6.54 Å². The molecule has 0 saturated heterocycles. The predicted octanol–water partition coefficient (Wildman–Crippen LogP) is 3.75. The summed E-state index contributed by atoms with van der Waals surface area (Å²) >= 11 is 0. The van der Waals surface area contributed by atoms with Gasteiger partial charge in [0.25, 0.3) is 0 Å². The molecule has 0 amide bonds. The molecule has 1 heteroatoms. The largest absolute Gasteiger partial charge is 0.312 e. The van der Waals surface area contributed by atoms with Crippen LogP contribution in [0.5, 0.6) is 0 Å². The zero-order valence-corrected chi connectivity index (χ0v) is 11.6. The lowest BCUT2D eigenvalue weighted by Gasteiger charge is -2.15. The molecule has 2 rings (SSSR count). The summed E-state index contributed by atoms with van der Waals surface area (Å²) in [6.07, 6.45) is 2.90. The molecule has 0 aliphatic heterocycles. The second-order valence-corrected chi connectivity index (χ2v) is 5.82. The van der Waals surface area contributed by atoms with Crippen LogP contribution in [0.3, 0.4) is 0 Å². The lowest BCUT2D eigenvalue weighted by molar-refractivity contribution is 0.461. The topological polar surface area (TPSA) is 12.0 Å². The quantitative estimate of drug-likeness (QED) is 0.814. The number of rotatable bonds is 5. The second kappa shape index (κ2) is 5.22. The summed E-state index contributed by atoms with van der Waals surface area (Å²) in [4.78, 5) is 0. The molecule has 17 heavy (non-hydrogen) atoms. The summed E-state index contributed by atoms with van der Waals surface area (Å²) in [7, 11) is 0. The zero-order valence-electron chi connectivity index (χ0n) is 11.6. The average Bonchev–Trinajstić information content (AvgIpc) is 3.04. The Kier molecular flexibility index (Phi) is 3.88. The maximum atomic E-state index is 3.62. The fraction of sp³-hybridized carbons (Fsp3) is 0.625. The Bertz CT molecular complexity index is 368. The molecule has 0 radical (unpaired) electrons. The van der Waals surface area contributed by atoms with Gasteiger partial charge in [0.1, 0.15) is 0 Å². The summed E-state index contributed by atoms with van der Waals surface area (Å²) in [6, 6.07) is 4.57. The Morgan fingerprint density at radius 3 is 2.29 bits per heavy atom. The van der Waals surface area contributed by atoms with Crippen molar-refractivity contribution in [1.29, 1.82) is 0 Å². The van der Waals surface area contributed by atoms with Gasteiger partial charge in [0.05, 0.1) is 0 Å². The van der Waals surface area contributed by atoms with Crippen LogP contribution in [0.4, 0.5) is 0 Å². The van der Waals surface area contributed by atoms with Crippen molar-refractivity contribution in [3.63, 3.8) is 0 Å². The average molecular weight is 231 g/mol. The van der Waals surface area contributed by atoms with Gasteiger partial charge in [-0.1, -0.05) is 24.6 Å². The number of hydrogen-bond donors (Lipinski definition) is 1. The van der Waals surface area contributed by atoms with Crippen LogP contribution in [-0.2, 0) is 6.54 Å². The molecular formula is C16H25N. The lowest BCUT2D eigenvalue weighted by atomic mass is 9.99. The van der Waals surface area contributed by atoms with Crippen molar-refractivity contribution >= 4 is 0 Å². The molecule has 0 spiro atoms. The summed E-state index contributed by atoms with van der Waals surface area (Å²) < 4.78 is 0. The Labute approximate surface area is 106 Å². The zero-order chi connectivity index (χ0) is 12.4. The van der Waals surface area contributed by atoms with Gasteiger partial charge in [-0.3, -0.25) is 0 Å². The highest BCUT2D eigenvalue weighted by molar-refractivity contribution is 5.37. The van der Waals surface area contributed by atoms with Gasteiger partial charge in [-0.15, -0.1) is 0 Å². The molecule has 0 heterocycles.